The second kappa shape index (κ2) is 10.1. The molecule has 8 heteroatoms. The number of aryl methyl sites for hydroxylation is 2. The molecule has 1 heterocycles. The number of nitrogens with zero attached hydrogens (tertiary/aromatic N) is 3. The van der Waals surface area contributed by atoms with Gasteiger partial charge < -0.3 is 10.1 Å². The van der Waals surface area contributed by atoms with Crippen LogP contribution in [-0.4, -0.2) is 26.4 Å². The number of allylic oxidation sites excluding steroid dienone is 1. The standard InChI is InChI=1S/C22H23FN4O2S/c1-4-10-27-20(13-29-18-7-5-6-15(2)11-18)25-26-22(27)30-14-21(28)24-19-12-17(23)9-8-16(19)3/h4-9,11-12H,1,10,13-14H2,2-3H3,(H,24,28). The average molecular weight is 427 g/mol. The molecule has 2 aromatic carbocycles. The van der Waals surface area contributed by atoms with Crippen molar-refractivity contribution in [3.8, 4) is 5.75 Å². The monoisotopic (exact) mass is 426 g/mol. The van der Waals surface area contributed by atoms with Crippen molar-refractivity contribution in [2.45, 2.75) is 32.2 Å². The van der Waals surface area contributed by atoms with E-state index in [1.165, 1.54) is 23.9 Å². The molecular formula is C22H23FN4O2S. The van der Waals surface area contributed by atoms with E-state index in [0.29, 0.717) is 23.2 Å². The highest BCUT2D eigenvalue weighted by atomic mass is 32.2. The first-order valence-corrected chi connectivity index (χ1v) is 10.4. The Hall–Kier alpha value is -3.13. The molecule has 0 unspecified atom stereocenters. The molecule has 0 radical (unpaired) electrons. The summed E-state index contributed by atoms with van der Waals surface area (Å²) in [5.74, 6) is 0.860. The van der Waals surface area contributed by atoms with Crippen molar-refractivity contribution < 1.29 is 13.9 Å². The van der Waals surface area contributed by atoms with E-state index >= 15 is 0 Å². The van der Waals surface area contributed by atoms with Crippen LogP contribution in [0.4, 0.5) is 10.1 Å². The second-order valence-electron chi connectivity index (χ2n) is 6.70. The van der Waals surface area contributed by atoms with E-state index in [0.717, 1.165) is 16.9 Å². The van der Waals surface area contributed by atoms with Crippen molar-refractivity contribution in [3.05, 3.63) is 77.9 Å². The van der Waals surface area contributed by atoms with Gasteiger partial charge in [0.2, 0.25) is 5.91 Å². The Kier molecular flexibility index (Phi) is 7.24. The van der Waals surface area contributed by atoms with Gasteiger partial charge in [0, 0.05) is 12.2 Å². The maximum Gasteiger partial charge on any atom is 0.234 e. The number of hydrogen-bond acceptors (Lipinski definition) is 5. The molecule has 0 saturated carbocycles. The van der Waals surface area contributed by atoms with Gasteiger partial charge in [-0.25, -0.2) is 4.39 Å². The van der Waals surface area contributed by atoms with E-state index in [2.05, 4.69) is 22.1 Å². The van der Waals surface area contributed by atoms with Gasteiger partial charge in [-0.15, -0.1) is 16.8 Å². The van der Waals surface area contributed by atoms with Crippen LogP contribution in [0.5, 0.6) is 5.75 Å². The SMILES string of the molecule is C=CCn1c(COc2cccc(C)c2)nnc1SCC(=O)Nc1cc(F)ccc1C. The van der Waals surface area contributed by atoms with Crippen LogP contribution in [0.25, 0.3) is 0 Å². The van der Waals surface area contributed by atoms with Crippen LogP contribution in [-0.2, 0) is 17.9 Å². The molecule has 0 aliphatic rings. The normalized spacial score (nSPS) is 10.6. The molecule has 0 aliphatic carbocycles. The summed E-state index contributed by atoms with van der Waals surface area (Å²) in [6, 6.07) is 12.0. The first kappa shape index (κ1) is 21.6. The van der Waals surface area contributed by atoms with E-state index in [1.807, 2.05) is 42.7 Å². The molecule has 0 aliphatic heterocycles. The summed E-state index contributed by atoms with van der Waals surface area (Å²) < 4.78 is 21.1. The van der Waals surface area contributed by atoms with E-state index < -0.39 is 5.82 Å². The number of carbonyl (C=O) groups is 1. The van der Waals surface area contributed by atoms with E-state index in [9.17, 15) is 9.18 Å². The molecule has 1 N–H and O–H groups in total. The zero-order valence-corrected chi connectivity index (χ0v) is 17.7. The lowest BCUT2D eigenvalue weighted by atomic mass is 10.2. The summed E-state index contributed by atoms with van der Waals surface area (Å²) in [5.41, 5.74) is 2.36. The van der Waals surface area contributed by atoms with Gasteiger partial charge in [0.15, 0.2) is 11.0 Å². The van der Waals surface area contributed by atoms with Crippen molar-refractivity contribution in [3.63, 3.8) is 0 Å². The summed E-state index contributed by atoms with van der Waals surface area (Å²) in [6.45, 7) is 8.32. The third-order valence-electron chi connectivity index (χ3n) is 4.27. The molecule has 1 aromatic heterocycles. The largest absolute Gasteiger partial charge is 0.486 e. The molecule has 1 amide bonds. The number of aromatic nitrogens is 3. The van der Waals surface area contributed by atoms with Crippen molar-refractivity contribution in [2.24, 2.45) is 0 Å². The maximum absolute atomic E-state index is 13.4. The summed E-state index contributed by atoms with van der Waals surface area (Å²) >= 11 is 1.25. The fourth-order valence-electron chi connectivity index (χ4n) is 2.74. The molecular weight excluding hydrogens is 403 g/mol. The molecule has 3 aromatic rings. The number of hydrogen-bond donors (Lipinski definition) is 1. The number of nitrogens with one attached hydrogen (secondary N) is 1. The van der Waals surface area contributed by atoms with Crippen LogP contribution >= 0.6 is 11.8 Å². The van der Waals surface area contributed by atoms with Crippen molar-refractivity contribution >= 4 is 23.4 Å². The first-order valence-electron chi connectivity index (χ1n) is 9.37. The number of amides is 1. The minimum Gasteiger partial charge on any atom is -0.486 e. The summed E-state index contributed by atoms with van der Waals surface area (Å²) in [7, 11) is 0. The van der Waals surface area contributed by atoms with Crippen LogP contribution in [0.3, 0.4) is 0 Å². The van der Waals surface area contributed by atoms with Gasteiger partial charge in [-0.3, -0.25) is 9.36 Å². The van der Waals surface area contributed by atoms with Crippen LogP contribution in [0.2, 0.25) is 0 Å². The summed E-state index contributed by atoms with van der Waals surface area (Å²) in [4.78, 5) is 12.3. The number of benzene rings is 2. The van der Waals surface area contributed by atoms with Crippen molar-refractivity contribution in [2.75, 3.05) is 11.1 Å². The Bertz CT molecular complexity index is 1050. The number of rotatable bonds is 9. The highest BCUT2D eigenvalue weighted by Crippen LogP contribution is 2.21. The third-order valence-corrected chi connectivity index (χ3v) is 5.24. The van der Waals surface area contributed by atoms with Gasteiger partial charge in [-0.2, -0.15) is 0 Å². The first-order chi connectivity index (χ1) is 14.5. The predicted molar refractivity (Wildman–Crippen MR) is 116 cm³/mol. The number of anilines is 1. The third kappa shape index (κ3) is 5.70. The number of thioether (sulfide) groups is 1. The van der Waals surface area contributed by atoms with Crippen LogP contribution in [0, 0.1) is 19.7 Å². The average Bonchev–Trinajstić information content (AvgIpc) is 3.10. The van der Waals surface area contributed by atoms with E-state index in [1.54, 1.807) is 12.1 Å². The van der Waals surface area contributed by atoms with Gasteiger partial charge in [0.05, 0.1) is 5.75 Å². The van der Waals surface area contributed by atoms with Crippen LogP contribution < -0.4 is 10.1 Å². The lowest BCUT2D eigenvalue weighted by Crippen LogP contribution is -2.16. The maximum atomic E-state index is 13.4. The lowest BCUT2D eigenvalue weighted by Gasteiger charge is -2.10. The Morgan fingerprint density at radius 1 is 1.27 bits per heavy atom. The lowest BCUT2D eigenvalue weighted by molar-refractivity contribution is -0.113. The summed E-state index contributed by atoms with van der Waals surface area (Å²) in [6.07, 6.45) is 1.74. The zero-order chi connectivity index (χ0) is 21.5. The Labute approximate surface area is 179 Å². The fraction of sp³-hybridized carbons (Fsp3) is 0.227. The van der Waals surface area contributed by atoms with Crippen molar-refractivity contribution in [1.82, 2.24) is 14.8 Å². The van der Waals surface area contributed by atoms with E-state index in [4.69, 9.17) is 4.74 Å². The van der Waals surface area contributed by atoms with Crippen LogP contribution in [0.15, 0.2) is 60.3 Å². The number of halogens is 1. The molecule has 0 atom stereocenters. The molecule has 0 bridgehead atoms. The van der Waals surface area contributed by atoms with E-state index in [-0.39, 0.29) is 18.3 Å². The Morgan fingerprint density at radius 3 is 2.87 bits per heavy atom. The van der Waals surface area contributed by atoms with Gasteiger partial charge in [0.25, 0.3) is 0 Å². The van der Waals surface area contributed by atoms with Crippen molar-refractivity contribution in [1.29, 1.82) is 0 Å². The molecule has 0 spiro atoms. The Balaban J connectivity index is 1.63. The fourth-order valence-corrected chi connectivity index (χ4v) is 3.51. The second-order valence-corrected chi connectivity index (χ2v) is 7.64. The van der Waals surface area contributed by atoms with Gasteiger partial charge in [-0.05, 0) is 49.2 Å². The topological polar surface area (TPSA) is 69.0 Å². The minimum absolute atomic E-state index is 0.115. The molecule has 0 saturated heterocycles. The molecule has 156 valence electrons. The predicted octanol–water partition coefficient (Wildman–Crippen LogP) is 4.53. The Morgan fingerprint density at radius 2 is 2.10 bits per heavy atom. The molecule has 0 fully saturated rings. The molecule has 3 rings (SSSR count). The highest BCUT2D eigenvalue weighted by Gasteiger charge is 2.15. The van der Waals surface area contributed by atoms with Gasteiger partial charge in [-0.1, -0.05) is 36.0 Å². The highest BCUT2D eigenvalue weighted by molar-refractivity contribution is 7.99. The molecule has 6 nitrogen and oxygen atoms in total. The minimum atomic E-state index is -0.396. The zero-order valence-electron chi connectivity index (χ0n) is 16.9. The summed E-state index contributed by atoms with van der Waals surface area (Å²) in [5, 5.41) is 11.7. The van der Waals surface area contributed by atoms with Gasteiger partial charge >= 0.3 is 0 Å². The quantitative estimate of drug-likeness (QED) is 0.402. The number of carbonyl (C=O) groups excluding carboxylic acids is 1. The van der Waals surface area contributed by atoms with Crippen LogP contribution in [0.1, 0.15) is 17.0 Å². The number of ether oxygens (including phenoxy) is 1. The molecule has 30 heavy (non-hydrogen) atoms. The smallest absolute Gasteiger partial charge is 0.234 e. The van der Waals surface area contributed by atoms with Gasteiger partial charge in [0.1, 0.15) is 18.2 Å².